The molecule has 3 amide bonds. The highest BCUT2D eigenvalue weighted by atomic mass is 79.9. The Morgan fingerprint density at radius 2 is 0.718 bits per heavy atom. The van der Waals surface area contributed by atoms with E-state index in [4.69, 9.17) is 17.2 Å². The molecule has 3 atom stereocenters. The first-order valence-corrected chi connectivity index (χ1v) is 15.9. The minimum absolute atomic E-state index is 0.148. The lowest BCUT2D eigenvalue weighted by atomic mass is 10.1. The first kappa shape index (κ1) is 35.3. The summed E-state index contributed by atoms with van der Waals surface area (Å²) in [5.74, 6) is -1.32. The van der Waals surface area contributed by atoms with E-state index in [1.165, 1.54) is 0 Å². The average Bonchev–Trinajstić information content (AvgIpc) is 2.87. The Balaban J connectivity index is 2.95. The number of carbonyl (C=O) groups is 3. The number of rotatable bonds is 21. The zero-order valence-corrected chi connectivity index (χ0v) is 26.8. The molecule has 222 valence electrons. The van der Waals surface area contributed by atoms with Crippen LogP contribution in [-0.2, 0) is 34.0 Å². The number of hydrogen-bond acceptors (Lipinski definition) is 6. The molecule has 0 saturated carbocycles. The Kier molecular flexibility index (Phi) is 16.8. The molecule has 0 fully saturated rings. The zero-order chi connectivity index (χ0) is 29.5. The molecule has 0 spiro atoms. The van der Waals surface area contributed by atoms with Crippen molar-refractivity contribution >= 4 is 65.5 Å². The predicted octanol–water partition coefficient (Wildman–Crippen LogP) is 1.60. The first-order chi connectivity index (χ1) is 18.4. The maximum atomic E-state index is 13.1. The van der Waals surface area contributed by atoms with E-state index in [9.17, 15) is 28.8 Å². The molecule has 0 aliphatic carbocycles. The first-order valence-electron chi connectivity index (χ1n) is 13.1. The summed E-state index contributed by atoms with van der Waals surface area (Å²) in [6.07, 6.45) is 7.24. The zero-order valence-electron chi connectivity index (χ0n) is 22.0. The number of halogens is 3. The number of nitrogens with zero attached hydrogens (tertiary/aromatic N) is 3. The third kappa shape index (κ3) is 12.5. The van der Waals surface area contributed by atoms with Crippen LogP contribution in [0.2, 0.25) is 0 Å². The van der Waals surface area contributed by atoms with Crippen molar-refractivity contribution in [1.29, 1.82) is 0 Å². The van der Waals surface area contributed by atoms with Crippen molar-refractivity contribution in [3.8, 4) is 0 Å². The smallest absolute Gasteiger partial charge is 0.336 e. The molecule has 0 aliphatic rings. The van der Waals surface area contributed by atoms with Crippen molar-refractivity contribution in [2.45, 2.75) is 111 Å². The van der Waals surface area contributed by atoms with Crippen LogP contribution in [0.3, 0.4) is 0 Å². The van der Waals surface area contributed by atoms with Gasteiger partial charge in [-0.3, -0.25) is 14.4 Å². The number of aromatic nitrogens is 3. The maximum Gasteiger partial charge on any atom is 0.336 e. The Hall–Kier alpha value is -1.74. The van der Waals surface area contributed by atoms with Crippen LogP contribution >= 0.6 is 47.8 Å². The normalized spacial score (nSPS) is 13.6. The molecule has 0 bridgehead atoms. The van der Waals surface area contributed by atoms with E-state index in [1.807, 2.05) is 0 Å². The lowest BCUT2D eigenvalue weighted by Gasteiger charge is -2.14. The number of carbonyl (C=O) groups excluding carboxylic acids is 3. The van der Waals surface area contributed by atoms with Gasteiger partial charge in [-0.2, -0.15) is 0 Å². The number of nitrogens with two attached hydrogens (primary N) is 3. The van der Waals surface area contributed by atoms with Gasteiger partial charge in [0.2, 0.25) is 17.7 Å². The van der Waals surface area contributed by atoms with Gasteiger partial charge in [0.05, 0.1) is 14.5 Å². The van der Waals surface area contributed by atoms with Crippen molar-refractivity contribution in [2.75, 3.05) is 0 Å². The molecule has 0 aromatic carbocycles. The fraction of sp³-hybridized carbons (Fsp3) is 0.750. The van der Waals surface area contributed by atoms with Gasteiger partial charge in [-0.25, -0.2) is 28.1 Å². The SMILES string of the molecule is NC(=O)C(Br)CCCCCn1c(=O)n(CCCCCC(Br)C(N)=O)c(=O)n(CCCCCC(Br)C(N)=O)c1=O. The fourth-order valence-corrected chi connectivity index (χ4v) is 4.97. The van der Waals surface area contributed by atoms with E-state index in [2.05, 4.69) is 47.8 Å². The van der Waals surface area contributed by atoms with Crippen LogP contribution in [0.5, 0.6) is 0 Å². The van der Waals surface area contributed by atoms with Crippen molar-refractivity contribution in [2.24, 2.45) is 17.2 Å². The maximum absolute atomic E-state index is 13.1. The summed E-state index contributed by atoms with van der Waals surface area (Å²) in [7, 11) is 0. The third-order valence-corrected chi connectivity index (χ3v) is 9.06. The molecule has 39 heavy (non-hydrogen) atoms. The quantitative estimate of drug-likeness (QED) is 0.126. The second-order valence-corrected chi connectivity index (χ2v) is 12.8. The molecule has 0 aliphatic heterocycles. The van der Waals surface area contributed by atoms with Gasteiger partial charge in [-0.05, 0) is 38.5 Å². The second kappa shape index (κ2) is 18.6. The minimum atomic E-state index is -0.643. The van der Waals surface area contributed by atoms with Crippen LogP contribution in [0.4, 0.5) is 0 Å². The number of hydrogen-bond donors (Lipinski definition) is 3. The summed E-state index contributed by atoms with van der Waals surface area (Å²) in [5, 5.41) is 0. The van der Waals surface area contributed by atoms with Gasteiger partial charge >= 0.3 is 17.1 Å². The van der Waals surface area contributed by atoms with Crippen molar-refractivity contribution in [3.05, 3.63) is 31.5 Å². The van der Waals surface area contributed by atoms with Crippen LogP contribution in [0, 0.1) is 0 Å². The van der Waals surface area contributed by atoms with Crippen molar-refractivity contribution in [1.82, 2.24) is 13.7 Å². The van der Waals surface area contributed by atoms with Gasteiger partial charge in [0.1, 0.15) is 0 Å². The lowest BCUT2D eigenvalue weighted by Crippen LogP contribution is -2.54. The van der Waals surface area contributed by atoms with E-state index in [-0.39, 0.29) is 19.6 Å². The van der Waals surface area contributed by atoms with Gasteiger partial charge in [-0.15, -0.1) is 0 Å². The summed E-state index contributed by atoms with van der Waals surface area (Å²) in [6.45, 7) is 0.444. The Morgan fingerprint density at radius 3 is 0.923 bits per heavy atom. The molecule has 12 nitrogen and oxygen atoms in total. The van der Waals surface area contributed by atoms with E-state index < -0.39 is 49.3 Å². The molecule has 15 heteroatoms. The molecule has 3 unspecified atom stereocenters. The molecule has 0 saturated heterocycles. The standard InChI is InChI=1S/C24H39Br3N6O6/c25-16(19(28)34)10-4-1-7-13-31-22(37)32(14-8-2-5-11-17(26)20(29)35)24(39)33(23(31)38)15-9-3-6-12-18(27)21(30)36/h16-18H,1-15H2,(H2,28,34)(H2,29,35)(H2,30,36). The van der Waals surface area contributed by atoms with Crippen LogP contribution in [0.1, 0.15) is 77.0 Å². The lowest BCUT2D eigenvalue weighted by molar-refractivity contribution is -0.118. The van der Waals surface area contributed by atoms with Crippen LogP contribution in [-0.4, -0.2) is 45.9 Å². The van der Waals surface area contributed by atoms with Gasteiger partial charge in [0, 0.05) is 19.6 Å². The number of alkyl halides is 3. The summed E-state index contributed by atoms with van der Waals surface area (Å²) in [6, 6.07) is 0. The summed E-state index contributed by atoms with van der Waals surface area (Å²) < 4.78 is 3.30. The Morgan fingerprint density at radius 1 is 0.487 bits per heavy atom. The highest BCUT2D eigenvalue weighted by molar-refractivity contribution is 9.10. The van der Waals surface area contributed by atoms with Gasteiger partial charge in [-0.1, -0.05) is 86.3 Å². The van der Waals surface area contributed by atoms with E-state index in [0.29, 0.717) is 77.0 Å². The molecule has 6 N–H and O–H groups in total. The number of unbranched alkanes of at least 4 members (excludes halogenated alkanes) is 6. The molecule has 0 radical (unpaired) electrons. The summed E-state index contributed by atoms with van der Waals surface area (Å²) in [4.78, 5) is 71.6. The van der Waals surface area contributed by atoms with Crippen molar-refractivity contribution < 1.29 is 14.4 Å². The van der Waals surface area contributed by atoms with Gasteiger partial charge in [0.25, 0.3) is 0 Å². The highest BCUT2D eigenvalue weighted by Crippen LogP contribution is 2.12. The Bertz CT molecular complexity index is 966. The van der Waals surface area contributed by atoms with Crippen LogP contribution in [0.15, 0.2) is 14.4 Å². The summed E-state index contributed by atoms with van der Waals surface area (Å²) in [5.41, 5.74) is 13.8. The highest BCUT2D eigenvalue weighted by Gasteiger charge is 2.17. The monoisotopic (exact) mass is 744 g/mol. The topological polar surface area (TPSA) is 195 Å². The van der Waals surface area contributed by atoms with E-state index >= 15 is 0 Å². The van der Waals surface area contributed by atoms with Crippen LogP contribution < -0.4 is 34.3 Å². The van der Waals surface area contributed by atoms with Gasteiger partial charge in [0.15, 0.2) is 0 Å². The molecular formula is C24H39Br3N6O6. The largest absolute Gasteiger partial charge is 0.369 e. The molecular weight excluding hydrogens is 708 g/mol. The molecule has 1 aromatic rings. The second-order valence-electron chi connectivity index (χ2n) is 9.46. The molecule has 1 aromatic heterocycles. The number of amides is 3. The van der Waals surface area contributed by atoms with Crippen LogP contribution in [0.25, 0.3) is 0 Å². The third-order valence-electron chi connectivity index (χ3n) is 6.33. The number of primary amides is 3. The Labute approximate surface area is 252 Å². The molecule has 1 rings (SSSR count). The molecule has 1 heterocycles. The van der Waals surface area contributed by atoms with Gasteiger partial charge < -0.3 is 17.2 Å². The van der Waals surface area contributed by atoms with E-state index in [1.54, 1.807) is 0 Å². The average molecular weight is 747 g/mol. The minimum Gasteiger partial charge on any atom is -0.369 e. The van der Waals surface area contributed by atoms with Crippen molar-refractivity contribution in [3.63, 3.8) is 0 Å². The fourth-order valence-electron chi connectivity index (χ4n) is 3.99. The predicted molar refractivity (Wildman–Crippen MR) is 160 cm³/mol. The summed E-state index contributed by atoms with van der Waals surface area (Å²) >= 11 is 9.65. The van der Waals surface area contributed by atoms with E-state index in [0.717, 1.165) is 13.7 Å².